The lowest BCUT2D eigenvalue weighted by atomic mass is 9.81. The summed E-state index contributed by atoms with van der Waals surface area (Å²) >= 11 is 0. The summed E-state index contributed by atoms with van der Waals surface area (Å²) in [7, 11) is 0. The molecule has 1 amide bonds. The second-order valence-electron chi connectivity index (χ2n) is 4.42. The Morgan fingerprint density at radius 1 is 1.29 bits per heavy atom. The molecule has 0 aliphatic heterocycles. The van der Waals surface area contributed by atoms with Gasteiger partial charge in [0.05, 0.1) is 6.54 Å². The zero-order valence-electron chi connectivity index (χ0n) is 10.00. The van der Waals surface area contributed by atoms with Crippen LogP contribution in [0.1, 0.15) is 32.1 Å². The minimum absolute atomic E-state index is 0.126. The van der Waals surface area contributed by atoms with Crippen molar-refractivity contribution in [3.8, 4) is 0 Å². The van der Waals surface area contributed by atoms with Crippen LogP contribution in [0.2, 0.25) is 0 Å². The number of amides is 1. The van der Waals surface area contributed by atoms with E-state index in [9.17, 15) is 14.7 Å². The topological polar surface area (TPSA) is 78.4 Å². The second kappa shape index (κ2) is 6.39. The molecule has 1 rings (SSSR count). The van der Waals surface area contributed by atoms with E-state index in [2.05, 4.69) is 17.2 Å². The van der Waals surface area contributed by atoms with Crippen LogP contribution < -0.4 is 10.6 Å². The highest BCUT2D eigenvalue weighted by atomic mass is 16.4. The molecule has 0 unspecified atom stereocenters. The van der Waals surface area contributed by atoms with Crippen molar-refractivity contribution in [3.63, 3.8) is 0 Å². The third-order valence-corrected chi connectivity index (χ3v) is 3.07. The van der Waals surface area contributed by atoms with Crippen molar-refractivity contribution in [2.75, 3.05) is 13.1 Å². The molecule has 0 aromatic carbocycles. The molecule has 5 heteroatoms. The van der Waals surface area contributed by atoms with E-state index in [0.717, 1.165) is 19.3 Å². The Labute approximate surface area is 101 Å². The number of hydrogen-bond donors (Lipinski definition) is 3. The number of carboxylic acid groups (broad SMARTS) is 1. The van der Waals surface area contributed by atoms with Crippen molar-refractivity contribution in [3.05, 3.63) is 12.7 Å². The van der Waals surface area contributed by atoms with Gasteiger partial charge in [-0.2, -0.15) is 0 Å². The van der Waals surface area contributed by atoms with Gasteiger partial charge in [0, 0.05) is 6.54 Å². The lowest BCUT2D eigenvalue weighted by Gasteiger charge is -2.34. The summed E-state index contributed by atoms with van der Waals surface area (Å²) in [5.41, 5.74) is -1.05. The Balaban J connectivity index is 2.51. The minimum Gasteiger partial charge on any atom is -0.480 e. The van der Waals surface area contributed by atoms with Crippen LogP contribution in [0.5, 0.6) is 0 Å². The molecule has 1 aliphatic carbocycles. The Kier molecular flexibility index (Phi) is 5.15. The van der Waals surface area contributed by atoms with E-state index in [1.165, 1.54) is 0 Å². The van der Waals surface area contributed by atoms with E-state index >= 15 is 0 Å². The number of aliphatic carboxylic acids is 1. The van der Waals surface area contributed by atoms with Crippen LogP contribution in [0.3, 0.4) is 0 Å². The smallest absolute Gasteiger partial charge is 0.329 e. The number of hydrogen-bond acceptors (Lipinski definition) is 3. The van der Waals surface area contributed by atoms with Crippen LogP contribution in [-0.4, -0.2) is 35.6 Å². The largest absolute Gasteiger partial charge is 0.480 e. The average Bonchev–Trinajstić information content (AvgIpc) is 2.30. The van der Waals surface area contributed by atoms with Gasteiger partial charge in [0.15, 0.2) is 0 Å². The van der Waals surface area contributed by atoms with Crippen LogP contribution in [0.15, 0.2) is 12.7 Å². The van der Waals surface area contributed by atoms with E-state index < -0.39 is 11.5 Å². The summed E-state index contributed by atoms with van der Waals surface area (Å²) in [6.45, 7) is 4.19. The van der Waals surface area contributed by atoms with Gasteiger partial charge in [-0.25, -0.2) is 4.79 Å². The highest BCUT2D eigenvalue weighted by Crippen LogP contribution is 2.28. The van der Waals surface area contributed by atoms with Gasteiger partial charge in [-0.15, -0.1) is 6.58 Å². The van der Waals surface area contributed by atoms with Crippen molar-refractivity contribution < 1.29 is 14.7 Å². The molecule has 0 radical (unpaired) electrons. The number of rotatable bonds is 6. The zero-order valence-corrected chi connectivity index (χ0v) is 10.00. The molecule has 3 N–H and O–H groups in total. The standard InChI is InChI=1S/C12H20N2O3/c1-2-8-13-9-10(15)14-12(11(16)17)6-4-3-5-7-12/h2,13H,1,3-9H2,(H,14,15)(H,16,17). The van der Waals surface area contributed by atoms with E-state index in [1.54, 1.807) is 6.08 Å². The van der Waals surface area contributed by atoms with Crippen LogP contribution in [0.4, 0.5) is 0 Å². The maximum atomic E-state index is 11.6. The summed E-state index contributed by atoms with van der Waals surface area (Å²) in [4.78, 5) is 22.9. The monoisotopic (exact) mass is 240 g/mol. The molecule has 0 spiro atoms. The van der Waals surface area contributed by atoms with Crippen LogP contribution in [0, 0.1) is 0 Å². The third-order valence-electron chi connectivity index (χ3n) is 3.07. The second-order valence-corrected chi connectivity index (χ2v) is 4.42. The molecule has 1 saturated carbocycles. The van der Waals surface area contributed by atoms with Gasteiger partial charge < -0.3 is 15.7 Å². The van der Waals surface area contributed by atoms with Gasteiger partial charge in [0.2, 0.25) is 5.91 Å². The fraction of sp³-hybridized carbons (Fsp3) is 0.667. The third kappa shape index (κ3) is 3.85. The van der Waals surface area contributed by atoms with Gasteiger partial charge >= 0.3 is 5.97 Å². The summed E-state index contributed by atoms with van der Waals surface area (Å²) in [6, 6.07) is 0. The van der Waals surface area contributed by atoms with Gasteiger partial charge in [0.25, 0.3) is 0 Å². The first kappa shape index (κ1) is 13.7. The number of carboxylic acids is 1. The highest BCUT2D eigenvalue weighted by molar-refractivity contribution is 5.87. The van der Waals surface area contributed by atoms with Crippen molar-refractivity contribution in [1.29, 1.82) is 0 Å². The zero-order chi connectivity index (χ0) is 12.7. The molecule has 0 atom stereocenters. The molecule has 96 valence electrons. The molecule has 5 nitrogen and oxygen atoms in total. The van der Waals surface area contributed by atoms with Crippen LogP contribution in [0.25, 0.3) is 0 Å². The molecule has 0 bridgehead atoms. The van der Waals surface area contributed by atoms with E-state index in [1.807, 2.05) is 0 Å². The van der Waals surface area contributed by atoms with Gasteiger partial charge in [-0.05, 0) is 12.8 Å². The molecule has 0 heterocycles. The Morgan fingerprint density at radius 2 is 1.94 bits per heavy atom. The lowest BCUT2D eigenvalue weighted by molar-refractivity contribution is -0.149. The molecular weight excluding hydrogens is 220 g/mol. The van der Waals surface area contributed by atoms with Gasteiger partial charge in [0.1, 0.15) is 5.54 Å². The molecule has 17 heavy (non-hydrogen) atoms. The minimum atomic E-state index is -1.05. The fourth-order valence-corrected chi connectivity index (χ4v) is 2.15. The summed E-state index contributed by atoms with van der Waals surface area (Å²) in [5.74, 6) is -1.19. The van der Waals surface area contributed by atoms with Crippen molar-refractivity contribution >= 4 is 11.9 Å². The lowest BCUT2D eigenvalue weighted by Crippen LogP contribution is -2.57. The Bertz CT molecular complexity index is 296. The molecule has 1 aliphatic rings. The molecule has 0 aromatic heterocycles. The molecule has 1 fully saturated rings. The first-order chi connectivity index (χ1) is 8.10. The van der Waals surface area contributed by atoms with Gasteiger partial charge in [-0.1, -0.05) is 25.3 Å². The maximum Gasteiger partial charge on any atom is 0.329 e. The highest BCUT2D eigenvalue weighted by Gasteiger charge is 2.40. The summed E-state index contributed by atoms with van der Waals surface area (Å²) in [6.07, 6.45) is 5.45. The normalized spacial score (nSPS) is 18.4. The van der Waals surface area contributed by atoms with Crippen LogP contribution in [-0.2, 0) is 9.59 Å². The first-order valence-corrected chi connectivity index (χ1v) is 5.97. The summed E-state index contributed by atoms with van der Waals surface area (Å²) in [5, 5.41) is 14.8. The number of carbonyl (C=O) groups excluding carboxylic acids is 1. The molecule has 0 aromatic rings. The van der Waals surface area contributed by atoms with Crippen molar-refractivity contribution in [2.24, 2.45) is 0 Å². The number of nitrogens with one attached hydrogen (secondary N) is 2. The van der Waals surface area contributed by atoms with E-state index in [-0.39, 0.29) is 12.5 Å². The van der Waals surface area contributed by atoms with Crippen molar-refractivity contribution in [2.45, 2.75) is 37.6 Å². The SMILES string of the molecule is C=CCNCC(=O)NC1(C(=O)O)CCCCC1. The maximum absolute atomic E-state index is 11.6. The first-order valence-electron chi connectivity index (χ1n) is 5.97. The Hall–Kier alpha value is -1.36. The predicted octanol–water partition coefficient (Wildman–Crippen LogP) is 0.666. The summed E-state index contributed by atoms with van der Waals surface area (Å²) < 4.78 is 0. The predicted molar refractivity (Wildman–Crippen MR) is 64.7 cm³/mol. The average molecular weight is 240 g/mol. The Morgan fingerprint density at radius 3 is 2.47 bits per heavy atom. The van der Waals surface area contributed by atoms with E-state index in [0.29, 0.717) is 19.4 Å². The quantitative estimate of drug-likeness (QED) is 0.471. The fourth-order valence-electron chi connectivity index (χ4n) is 2.15. The molecule has 0 saturated heterocycles. The van der Waals surface area contributed by atoms with Gasteiger partial charge in [-0.3, -0.25) is 4.79 Å². The van der Waals surface area contributed by atoms with E-state index in [4.69, 9.17) is 0 Å². The van der Waals surface area contributed by atoms with Crippen molar-refractivity contribution in [1.82, 2.24) is 10.6 Å². The number of carbonyl (C=O) groups is 2. The molecular formula is C12H20N2O3. The van der Waals surface area contributed by atoms with Crippen LogP contribution >= 0.6 is 0 Å².